The highest BCUT2D eigenvalue weighted by Gasteiger charge is 2.34. The van der Waals surface area contributed by atoms with E-state index in [1.165, 1.54) is 0 Å². The standard InChI is InChI=1S/C26H35N3O5S/c1-3-15-35(32,33)27-21-10-12-24-20(16-21)9-11-25(34-24)26(31)28(2)23(19-7-5-4-6-8-19)18-29-14-13-22(30)17-29/h4-8,10,12,16,22-23,25,27,30H,3,9,11,13-15,17-18H2,1-2H3/t22-,23+,25+/m0/s1. The third-order valence-corrected chi connectivity index (χ3v) is 8.20. The van der Waals surface area contributed by atoms with Crippen molar-refractivity contribution >= 4 is 21.6 Å². The summed E-state index contributed by atoms with van der Waals surface area (Å²) >= 11 is 0. The lowest BCUT2D eigenvalue weighted by molar-refractivity contribution is -0.140. The summed E-state index contributed by atoms with van der Waals surface area (Å²) in [6, 6.07) is 15.0. The number of rotatable bonds is 9. The Morgan fingerprint density at radius 3 is 2.69 bits per heavy atom. The normalized spacial score (nSPS) is 21.1. The second kappa shape index (κ2) is 11.0. The minimum Gasteiger partial charge on any atom is -0.480 e. The number of aliphatic hydroxyl groups is 1. The first-order valence-electron chi connectivity index (χ1n) is 12.3. The van der Waals surface area contributed by atoms with Gasteiger partial charge >= 0.3 is 0 Å². The molecule has 1 saturated heterocycles. The molecule has 1 fully saturated rings. The second-order valence-corrected chi connectivity index (χ2v) is 11.3. The van der Waals surface area contributed by atoms with Crippen molar-refractivity contribution in [3.63, 3.8) is 0 Å². The molecule has 0 spiro atoms. The van der Waals surface area contributed by atoms with Crippen molar-refractivity contribution in [1.29, 1.82) is 0 Å². The molecule has 2 heterocycles. The van der Waals surface area contributed by atoms with Crippen molar-refractivity contribution in [2.24, 2.45) is 0 Å². The largest absolute Gasteiger partial charge is 0.480 e. The lowest BCUT2D eigenvalue weighted by Gasteiger charge is -2.35. The number of fused-ring (bicyclic) bond motifs is 1. The summed E-state index contributed by atoms with van der Waals surface area (Å²) in [6.07, 6.45) is 1.51. The van der Waals surface area contributed by atoms with Crippen molar-refractivity contribution in [3.8, 4) is 5.75 Å². The molecule has 35 heavy (non-hydrogen) atoms. The van der Waals surface area contributed by atoms with Crippen molar-refractivity contribution in [2.75, 3.05) is 37.2 Å². The molecule has 2 aliphatic heterocycles. The highest BCUT2D eigenvalue weighted by Crippen LogP contribution is 2.32. The maximum atomic E-state index is 13.5. The van der Waals surface area contributed by atoms with Crippen LogP contribution in [0.1, 0.15) is 43.4 Å². The molecule has 190 valence electrons. The number of benzene rings is 2. The molecule has 2 aromatic carbocycles. The first-order chi connectivity index (χ1) is 16.8. The Bertz CT molecular complexity index is 1130. The third-order valence-electron chi connectivity index (χ3n) is 6.71. The maximum absolute atomic E-state index is 13.5. The fourth-order valence-corrected chi connectivity index (χ4v) is 5.98. The van der Waals surface area contributed by atoms with Gasteiger partial charge in [-0.3, -0.25) is 14.4 Å². The van der Waals surface area contributed by atoms with Gasteiger partial charge in [-0.1, -0.05) is 37.3 Å². The van der Waals surface area contributed by atoms with E-state index in [9.17, 15) is 18.3 Å². The van der Waals surface area contributed by atoms with Crippen LogP contribution in [0.5, 0.6) is 5.75 Å². The van der Waals surface area contributed by atoms with Crippen LogP contribution >= 0.6 is 0 Å². The van der Waals surface area contributed by atoms with E-state index in [4.69, 9.17) is 4.74 Å². The van der Waals surface area contributed by atoms with Gasteiger partial charge < -0.3 is 14.7 Å². The molecule has 4 rings (SSSR count). The lowest BCUT2D eigenvalue weighted by Crippen LogP contribution is -2.46. The van der Waals surface area contributed by atoms with Gasteiger partial charge in [0.2, 0.25) is 10.0 Å². The summed E-state index contributed by atoms with van der Waals surface area (Å²) in [6.45, 7) is 3.89. The van der Waals surface area contributed by atoms with E-state index < -0.39 is 16.1 Å². The molecule has 2 N–H and O–H groups in total. The van der Waals surface area contributed by atoms with E-state index >= 15 is 0 Å². The SMILES string of the molecule is CCCS(=O)(=O)Nc1ccc2c(c1)CC[C@H](C(=O)N(C)[C@H](CN1CC[C@H](O)C1)c1ccccc1)O2. The maximum Gasteiger partial charge on any atom is 0.263 e. The third kappa shape index (κ3) is 6.34. The molecule has 2 aliphatic rings. The lowest BCUT2D eigenvalue weighted by atomic mass is 9.99. The molecule has 1 amide bonds. The Morgan fingerprint density at radius 2 is 2.00 bits per heavy atom. The Hall–Kier alpha value is -2.62. The fraction of sp³-hybridized carbons (Fsp3) is 0.500. The van der Waals surface area contributed by atoms with Gasteiger partial charge in [0.25, 0.3) is 5.91 Å². The van der Waals surface area contributed by atoms with Crippen LogP contribution in [-0.2, 0) is 21.2 Å². The van der Waals surface area contributed by atoms with Crippen molar-refractivity contribution in [3.05, 3.63) is 59.7 Å². The highest BCUT2D eigenvalue weighted by molar-refractivity contribution is 7.92. The number of likely N-dealkylation sites (N-methyl/N-ethyl adjacent to an activating group) is 1. The zero-order valence-electron chi connectivity index (χ0n) is 20.4. The minimum atomic E-state index is -3.37. The van der Waals surface area contributed by atoms with E-state index in [2.05, 4.69) is 9.62 Å². The van der Waals surface area contributed by atoms with Crippen LogP contribution in [0.15, 0.2) is 48.5 Å². The number of β-amino-alcohol motifs (C(OH)–C–C–N with tert-alkyl or cyclic N) is 1. The molecular weight excluding hydrogens is 466 g/mol. The number of aliphatic hydroxyl groups excluding tert-OH is 1. The summed E-state index contributed by atoms with van der Waals surface area (Å²) in [5.41, 5.74) is 2.45. The molecule has 0 radical (unpaired) electrons. The first kappa shape index (κ1) is 25.5. The Balaban J connectivity index is 1.46. The number of carbonyl (C=O) groups is 1. The first-order valence-corrected chi connectivity index (χ1v) is 13.9. The van der Waals surface area contributed by atoms with Crippen LogP contribution in [0.3, 0.4) is 0 Å². The number of nitrogens with one attached hydrogen (secondary N) is 1. The number of amides is 1. The second-order valence-electron chi connectivity index (χ2n) is 9.47. The predicted molar refractivity (Wildman–Crippen MR) is 136 cm³/mol. The van der Waals surface area contributed by atoms with Gasteiger partial charge in [-0.2, -0.15) is 0 Å². The van der Waals surface area contributed by atoms with Crippen molar-refractivity contribution in [1.82, 2.24) is 9.80 Å². The van der Waals surface area contributed by atoms with Crippen LogP contribution in [0.4, 0.5) is 5.69 Å². The summed E-state index contributed by atoms with van der Waals surface area (Å²) < 4.78 is 32.9. The molecule has 0 bridgehead atoms. The van der Waals surface area contributed by atoms with Gasteiger partial charge in [0.1, 0.15) is 5.75 Å². The molecule has 3 atom stereocenters. The summed E-state index contributed by atoms with van der Waals surface area (Å²) in [7, 11) is -1.55. The molecule has 2 aromatic rings. The number of aryl methyl sites for hydroxylation is 1. The van der Waals surface area contributed by atoms with Gasteiger partial charge in [0, 0.05) is 32.4 Å². The van der Waals surface area contributed by atoms with Gasteiger partial charge in [0.15, 0.2) is 6.10 Å². The summed E-state index contributed by atoms with van der Waals surface area (Å²) in [4.78, 5) is 17.5. The molecule has 0 unspecified atom stereocenters. The minimum absolute atomic E-state index is 0.0719. The molecule has 0 aliphatic carbocycles. The molecular formula is C26H35N3O5S. The van der Waals surface area contributed by atoms with Crippen molar-refractivity contribution in [2.45, 2.75) is 50.9 Å². The number of sulfonamides is 1. The van der Waals surface area contributed by atoms with Gasteiger partial charge in [-0.15, -0.1) is 0 Å². The van der Waals surface area contributed by atoms with Crippen LogP contribution in [-0.4, -0.2) is 73.9 Å². The van der Waals surface area contributed by atoms with E-state index in [1.807, 2.05) is 44.3 Å². The number of hydrogen-bond acceptors (Lipinski definition) is 6. The number of carbonyl (C=O) groups excluding carboxylic acids is 1. The summed E-state index contributed by atoms with van der Waals surface area (Å²) in [5.74, 6) is 0.597. The van der Waals surface area contributed by atoms with Crippen LogP contribution in [0.2, 0.25) is 0 Å². The zero-order valence-corrected chi connectivity index (χ0v) is 21.2. The zero-order chi connectivity index (χ0) is 25.0. The smallest absolute Gasteiger partial charge is 0.263 e. The fourth-order valence-electron chi connectivity index (χ4n) is 4.86. The van der Waals surface area contributed by atoms with Gasteiger partial charge in [-0.25, -0.2) is 8.42 Å². The Kier molecular flexibility index (Phi) is 7.98. The number of likely N-dealkylation sites (tertiary alicyclic amines) is 1. The number of nitrogens with zero attached hydrogens (tertiary/aromatic N) is 2. The van der Waals surface area contributed by atoms with E-state index in [1.54, 1.807) is 23.1 Å². The Labute approximate surface area is 207 Å². The van der Waals surface area contributed by atoms with Crippen LogP contribution in [0.25, 0.3) is 0 Å². The van der Waals surface area contributed by atoms with Gasteiger partial charge in [-0.05, 0) is 55.0 Å². The summed E-state index contributed by atoms with van der Waals surface area (Å²) in [5, 5.41) is 9.96. The average molecular weight is 502 g/mol. The van der Waals surface area contributed by atoms with Gasteiger partial charge in [0.05, 0.1) is 17.9 Å². The van der Waals surface area contributed by atoms with Crippen LogP contribution < -0.4 is 9.46 Å². The average Bonchev–Trinajstić information content (AvgIpc) is 3.26. The van der Waals surface area contributed by atoms with E-state index in [0.717, 1.165) is 24.1 Å². The van der Waals surface area contributed by atoms with E-state index in [-0.39, 0.29) is 23.8 Å². The Morgan fingerprint density at radius 1 is 1.23 bits per heavy atom. The molecule has 9 heteroatoms. The number of hydrogen-bond donors (Lipinski definition) is 2. The predicted octanol–water partition coefficient (Wildman–Crippen LogP) is 2.80. The highest BCUT2D eigenvalue weighted by atomic mass is 32.2. The molecule has 8 nitrogen and oxygen atoms in total. The van der Waals surface area contributed by atoms with Crippen LogP contribution in [0, 0.1) is 0 Å². The number of anilines is 1. The quantitative estimate of drug-likeness (QED) is 0.548. The van der Waals surface area contributed by atoms with Crippen molar-refractivity contribution < 1.29 is 23.1 Å². The van der Waals surface area contributed by atoms with E-state index in [0.29, 0.717) is 43.8 Å². The molecule has 0 aromatic heterocycles. The molecule has 0 saturated carbocycles. The monoisotopic (exact) mass is 501 g/mol. The topological polar surface area (TPSA) is 99.2 Å². The number of ether oxygens (including phenoxy) is 1.